The third kappa shape index (κ3) is 1.37. The van der Waals surface area contributed by atoms with Crippen molar-refractivity contribution in [1.29, 1.82) is 0 Å². The van der Waals surface area contributed by atoms with Crippen molar-refractivity contribution in [3.63, 3.8) is 0 Å². The fraction of sp³-hybridized carbons (Fsp3) is 0.778. The minimum atomic E-state index is -0.530. The Labute approximate surface area is 82.0 Å². The van der Waals surface area contributed by atoms with Crippen molar-refractivity contribution < 1.29 is 19.1 Å². The monoisotopic (exact) mass is 199 g/mol. The summed E-state index contributed by atoms with van der Waals surface area (Å²) >= 11 is 0. The van der Waals surface area contributed by atoms with E-state index in [2.05, 4.69) is 4.74 Å². The van der Waals surface area contributed by atoms with Crippen LogP contribution in [0.1, 0.15) is 19.3 Å². The van der Waals surface area contributed by atoms with Gasteiger partial charge in [-0.3, -0.25) is 4.79 Å². The molecule has 0 spiro atoms. The van der Waals surface area contributed by atoms with Gasteiger partial charge in [-0.25, -0.2) is 4.79 Å². The standard InChI is InChI=1S/C9H13NO4/c1-13-9(12)6-5-14-8-4-2-3-7(11)10(6)8/h6,8H,2-5H2,1H3/t6-,8-/m1/s1. The Kier molecular flexibility index (Phi) is 2.41. The van der Waals surface area contributed by atoms with Gasteiger partial charge in [-0.2, -0.15) is 0 Å². The van der Waals surface area contributed by atoms with Crippen LogP contribution in [0, 0.1) is 0 Å². The molecule has 0 bridgehead atoms. The minimum Gasteiger partial charge on any atom is -0.467 e. The highest BCUT2D eigenvalue weighted by molar-refractivity contribution is 5.85. The lowest BCUT2D eigenvalue weighted by Crippen LogP contribution is -2.48. The predicted octanol–water partition coefficient (Wildman–Crippen LogP) is -0.103. The predicted molar refractivity (Wildman–Crippen MR) is 46.2 cm³/mol. The lowest BCUT2D eigenvalue weighted by atomic mass is 10.1. The smallest absolute Gasteiger partial charge is 0.331 e. The Balaban J connectivity index is 2.14. The highest BCUT2D eigenvalue weighted by atomic mass is 16.5. The molecule has 0 N–H and O–H groups in total. The van der Waals surface area contributed by atoms with Gasteiger partial charge in [0.2, 0.25) is 5.91 Å². The summed E-state index contributed by atoms with van der Waals surface area (Å²) in [6.07, 6.45) is 1.96. The molecule has 5 heteroatoms. The summed E-state index contributed by atoms with van der Waals surface area (Å²) in [5, 5.41) is 0. The van der Waals surface area contributed by atoms with E-state index >= 15 is 0 Å². The van der Waals surface area contributed by atoms with Gasteiger partial charge in [0, 0.05) is 6.42 Å². The summed E-state index contributed by atoms with van der Waals surface area (Å²) < 4.78 is 9.99. The largest absolute Gasteiger partial charge is 0.467 e. The van der Waals surface area contributed by atoms with Crippen LogP contribution in [0.5, 0.6) is 0 Å². The molecule has 2 aliphatic heterocycles. The first-order valence-electron chi connectivity index (χ1n) is 4.74. The van der Waals surface area contributed by atoms with Crippen LogP contribution in [0.3, 0.4) is 0 Å². The fourth-order valence-electron chi connectivity index (χ4n) is 2.00. The first-order valence-corrected chi connectivity index (χ1v) is 4.74. The number of piperidine rings is 1. The molecule has 2 atom stereocenters. The van der Waals surface area contributed by atoms with Crippen LogP contribution in [0.2, 0.25) is 0 Å². The van der Waals surface area contributed by atoms with Crippen LogP contribution in [-0.4, -0.2) is 42.8 Å². The molecule has 2 saturated heterocycles. The van der Waals surface area contributed by atoms with Gasteiger partial charge in [-0.05, 0) is 12.8 Å². The number of carbonyl (C=O) groups is 2. The van der Waals surface area contributed by atoms with Crippen molar-refractivity contribution in [3.05, 3.63) is 0 Å². The van der Waals surface area contributed by atoms with E-state index in [0.717, 1.165) is 12.8 Å². The van der Waals surface area contributed by atoms with Crippen molar-refractivity contribution in [2.45, 2.75) is 31.5 Å². The van der Waals surface area contributed by atoms with Crippen molar-refractivity contribution in [2.75, 3.05) is 13.7 Å². The summed E-state index contributed by atoms with van der Waals surface area (Å²) in [6.45, 7) is 0.267. The van der Waals surface area contributed by atoms with E-state index in [4.69, 9.17) is 4.74 Å². The third-order valence-electron chi connectivity index (χ3n) is 2.70. The van der Waals surface area contributed by atoms with Crippen LogP contribution in [0.15, 0.2) is 0 Å². The molecule has 5 nitrogen and oxygen atoms in total. The average Bonchev–Trinajstić information content (AvgIpc) is 2.62. The first kappa shape index (κ1) is 9.45. The van der Waals surface area contributed by atoms with Crippen LogP contribution in [0.4, 0.5) is 0 Å². The van der Waals surface area contributed by atoms with Gasteiger partial charge in [-0.15, -0.1) is 0 Å². The maximum absolute atomic E-state index is 11.5. The van der Waals surface area contributed by atoms with E-state index < -0.39 is 6.04 Å². The number of hydrogen-bond donors (Lipinski definition) is 0. The highest BCUT2D eigenvalue weighted by Gasteiger charge is 2.43. The number of amides is 1. The van der Waals surface area contributed by atoms with E-state index in [0.29, 0.717) is 6.42 Å². The summed E-state index contributed by atoms with van der Waals surface area (Å²) in [4.78, 5) is 24.4. The maximum Gasteiger partial charge on any atom is 0.331 e. The van der Waals surface area contributed by atoms with Gasteiger partial charge in [0.25, 0.3) is 0 Å². The summed E-state index contributed by atoms with van der Waals surface area (Å²) in [7, 11) is 1.32. The van der Waals surface area contributed by atoms with Crippen molar-refractivity contribution in [3.8, 4) is 0 Å². The molecule has 0 radical (unpaired) electrons. The number of hydrogen-bond acceptors (Lipinski definition) is 4. The quantitative estimate of drug-likeness (QED) is 0.553. The second-order valence-electron chi connectivity index (χ2n) is 3.52. The lowest BCUT2D eigenvalue weighted by molar-refractivity contribution is -0.154. The molecule has 0 aromatic rings. The van der Waals surface area contributed by atoms with E-state index in [9.17, 15) is 9.59 Å². The molecular formula is C9H13NO4. The van der Waals surface area contributed by atoms with Crippen LogP contribution in [0.25, 0.3) is 0 Å². The zero-order valence-electron chi connectivity index (χ0n) is 8.06. The third-order valence-corrected chi connectivity index (χ3v) is 2.70. The molecule has 0 unspecified atom stereocenters. The molecule has 2 fully saturated rings. The van der Waals surface area contributed by atoms with Gasteiger partial charge in [0.05, 0.1) is 13.7 Å². The summed E-state index contributed by atoms with van der Waals surface area (Å²) in [5.41, 5.74) is 0. The number of methoxy groups -OCH3 is 1. The zero-order valence-corrected chi connectivity index (χ0v) is 8.06. The second kappa shape index (κ2) is 3.57. The number of nitrogens with zero attached hydrogens (tertiary/aromatic N) is 1. The van der Waals surface area contributed by atoms with Gasteiger partial charge < -0.3 is 14.4 Å². The Bertz CT molecular complexity index is 266. The fourth-order valence-corrected chi connectivity index (χ4v) is 2.00. The molecule has 0 saturated carbocycles. The van der Waals surface area contributed by atoms with Gasteiger partial charge >= 0.3 is 5.97 Å². The lowest BCUT2D eigenvalue weighted by Gasteiger charge is -2.30. The Morgan fingerprint density at radius 1 is 1.64 bits per heavy atom. The van der Waals surface area contributed by atoms with Gasteiger partial charge in [0.1, 0.15) is 6.23 Å². The second-order valence-corrected chi connectivity index (χ2v) is 3.52. The highest BCUT2D eigenvalue weighted by Crippen LogP contribution is 2.27. The molecule has 14 heavy (non-hydrogen) atoms. The Hall–Kier alpha value is -1.10. The van der Waals surface area contributed by atoms with Crippen molar-refractivity contribution >= 4 is 11.9 Å². The molecule has 2 rings (SSSR count). The van der Waals surface area contributed by atoms with E-state index in [1.165, 1.54) is 12.0 Å². The molecule has 2 aliphatic rings. The number of ether oxygens (including phenoxy) is 2. The molecule has 1 amide bonds. The summed E-state index contributed by atoms with van der Waals surface area (Å²) in [5.74, 6) is -0.392. The Morgan fingerprint density at radius 3 is 3.14 bits per heavy atom. The van der Waals surface area contributed by atoms with Gasteiger partial charge in [-0.1, -0.05) is 0 Å². The van der Waals surface area contributed by atoms with E-state index in [-0.39, 0.29) is 24.7 Å². The molecule has 78 valence electrons. The van der Waals surface area contributed by atoms with Crippen LogP contribution < -0.4 is 0 Å². The molecule has 0 aromatic carbocycles. The normalized spacial score (nSPS) is 31.5. The van der Waals surface area contributed by atoms with Crippen molar-refractivity contribution in [1.82, 2.24) is 4.90 Å². The molecule has 2 heterocycles. The average molecular weight is 199 g/mol. The van der Waals surface area contributed by atoms with Crippen LogP contribution >= 0.6 is 0 Å². The van der Waals surface area contributed by atoms with Crippen molar-refractivity contribution in [2.24, 2.45) is 0 Å². The first-order chi connectivity index (χ1) is 6.74. The maximum atomic E-state index is 11.5. The SMILES string of the molecule is COC(=O)[C@H]1CO[C@@H]2CCCC(=O)N12. The minimum absolute atomic E-state index is 0.00542. The van der Waals surface area contributed by atoms with E-state index in [1.807, 2.05) is 0 Å². The molecule has 0 aromatic heterocycles. The number of esters is 1. The number of fused-ring (bicyclic) bond motifs is 1. The summed E-state index contributed by atoms with van der Waals surface area (Å²) in [6, 6.07) is -0.530. The Morgan fingerprint density at radius 2 is 2.43 bits per heavy atom. The zero-order chi connectivity index (χ0) is 10.1. The molecule has 0 aliphatic carbocycles. The number of carbonyl (C=O) groups excluding carboxylic acids is 2. The van der Waals surface area contributed by atoms with Gasteiger partial charge in [0.15, 0.2) is 6.04 Å². The topological polar surface area (TPSA) is 55.8 Å². The molecular weight excluding hydrogens is 186 g/mol. The van der Waals surface area contributed by atoms with Crippen LogP contribution in [-0.2, 0) is 19.1 Å². The number of rotatable bonds is 1. The van der Waals surface area contributed by atoms with E-state index in [1.54, 1.807) is 0 Å².